The number of hydrogen-bond donors (Lipinski definition) is 0. The van der Waals surface area contributed by atoms with E-state index in [4.69, 9.17) is 11.6 Å². The molecule has 0 spiro atoms. The Labute approximate surface area is 127 Å². The van der Waals surface area contributed by atoms with Gasteiger partial charge in [0, 0.05) is 22.2 Å². The van der Waals surface area contributed by atoms with Crippen molar-refractivity contribution in [3.05, 3.63) is 64.5 Å². The lowest BCUT2D eigenvalue weighted by Crippen LogP contribution is -2.28. The largest absolute Gasteiger partial charge is 0.279 e. The first-order valence-corrected chi connectivity index (χ1v) is 7.45. The third kappa shape index (κ3) is 2.35. The first-order valence-electron chi connectivity index (χ1n) is 6.19. The van der Waals surface area contributed by atoms with Gasteiger partial charge in [0.2, 0.25) is 5.91 Å². The van der Waals surface area contributed by atoms with E-state index in [2.05, 4.69) is 0 Å². The van der Waals surface area contributed by atoms with E-state index in [-0.39, 0.29) is 5.91 Å². The van der Waals surface area contributed by atoms with Gasteiger partial charge in [0.1, 0.15) is 0 Å². The van der Waals surface area contributed by atoms with Crippen molar-refractivity contribution in [1.29, 1.82) is 0 Å². The standard InChI is InChI=1S/C16H12ClNOS/c1-11(19)18-14-4-2-3-5-16(14)20-10-15(18)12-6-8-13(17)9-7-12/h2-10H,1H3. The second-order valence-electron chi connectivity index (χ2n) is 4.45. The van der Waals surface area contributed by atoms with Gasteiger partial charge in [-0.1, -0.05) is 47.6 Å². The van der Waals surface area contributed by atoms with Crippen molar-refractivity contribution in [3.8, 4) is 0 Å². The van der Waals surface area contributed by atoms with Crippen LogP contribution in [0.4, 0.5) is 5.69 Å². The topological polar surface area (TPSA) is 20.3 Å². The Kier molecular flexibility index (Phi) is 3.55. The highest BCUT2D eigenvalue weighted by molar-refractivity contribution is 8.02. The molecule has 0 unspecified atom stereocenters. The fourth-order valence-corrected chi connectivity index (χ4v) is 3.24. The summed E-state index contributed by atoms with van der Waals surface area (Å²) < 4.78 is 0. The number of thioether (sulfide) groups is 1. The smallest absolute Gasteiger partial charge is 0.228 e. The number of halogens is 1. The number of carbonyl (C=O) groups excluding carboxylic acids is 1. The van der Waals surface area contributed by atoms with Crippen molar-refractivity contribution < 1.29 is 4.79 Å². The summed E-state index contributed by atoms with van der Waals surface area (Å²) in [6.07, 6.45) is 0. The van der Waals surface area contributed by atoms with Gasteiger partial charge in [-0.05, 0) is 29.8 Å². The van der Waals surface area contributed by atoms with Gasteiger partial charge in [0.25, 0.3) is 0 Å². The van der Waals surface area contributed by atoms with Crippen LogP contribution in [0.5, 0.6) is 0 Å². The summed E-state index contributed by atoms with van der Waals surface area (Å²) in [5.74, 6) is -0.000972. The van der Waals surface area contributed by atoms with Gasteiger partial charge < -0.3 is 0 Å². The molecule has 0 aliphatic carbocycles. The third-order valence-corrected chi connectivity index (χ3v) is 4.29. The zero-order valence-corrected chi connectivity index (χ0v) is 12.4. The highest BCUT2D eigenvalue weighted by Gasteiger charge is 2.24. The number of carbonyl (C=O) groups is 1. The van der Waals surface area contributed by atoms with E-state index in [9.17, 15) is 4.79 Å². The number of rotatable bonds is 1. The molecule has 2 aromatic rings. The summed E-state index contributed by atoms with van der Waals surface area (Å²) in [6, 6.07) is 15.4. The average molecular weight is 302 g/mol. The Morgan fingerprint density at radius 1 is 1.10 bits per heavy atom. The summed E-state index contributed by atoms with van der Waals surface area (Å²) >= 11 is 7.55. The summed E-state index contributed by atoms with van der Waals surface area (Å²) in [4.78, 5) is 14.9. The minimum Gasteiger partial charge on any atom is -0.279 e. The molecule has 3 rings (SSSR count). The van der Waals surface area contributed by atoms with Gasteiger partial charge in [0.15, 0.2) is 0 Å². The van der Waals surface area contributed by atoms with Crippen molar-refractivity contribution >= 4 is 40.7 Å². The van der Waals surface area contributed by atoms with Crippen LogP contribution in [-0.2, 0) is 4.79 Å². The van der Waals surface area contributed by atoms with Crippen LogP contribution in [0.15, 0.2) is 58.8 Å². The molecule has 0 bridgehead atoms. The monoisotopic (exact) mass is 301 g/mol. The number of para-hydroxylation sites is 1. The Bertz CT molecular complexity index is 694. The van der Waals surface area contributed by atoms with Crippen LogP contribution in [0, 0.1) is 0 Å². The van der Waals surface area contributed by atoms with Crippen LogP contribution in [0.2, 0.25) is 5.02 Å². The Hall–Kier alpha value is -1.71. The predicted molar refractivity (Wildman–Crippen MR) is 84.9 cm³/mol. The lowest BCUT2D eigenvalue weighted by Gasteiger charge is -2.29. The van der Waals surface area contributed by atoms with E-state index < -0.39 is 0 Å². The van der Waals surface area contributed by atoms with Crippen molar-refractivity contribution in [2.24, 2.45) is 0 Å². The van der Waals surface area contributed by atoms with Crippen LogP contribution in [-0.4, -0.2) is 5.91 Å². The quantitative estimate of drug-likeness (QED) is 0.754. The molecule has 2 nitrogen and oxygen atoms in total. The van der Waals surface area contributed by atoms with Crippen LogP contribution in [0.1, 0.15) is 12.5 Å². The molecule has 0 aromatic heterocycles. The second kappa shape index (κ2) is 5.35. The molecule has 20 heavy (non-hydrogen) atoms. The molecule has 4 heteroatoms. The Morgan fingerprint density at radius 3 is 2.50 bits per heavy atom. The molecular formula is C16H12ClNOS. The number of fused-ring (bicyclic) bond motifs is 1. The normalized spacial score (nSPS) is 13.7. The Balaban J connectivity index is 2.10. The fraction of sp³-hybridized carbons (Fsp3) is 0.0625. The van der Waals surface area contributed by atoms with E-state index in [1.807, 2.05) is 53.9 Å². The molecule has 1 heterocycles. The van der Waals surface area contributed by atoms with Crippen LogP contribution in [0.25, 0.3) is 5.70 Å². The van der Waals surface area contributed by atoms with Gasteiger partial charge in [-0.3, -0.25) is 9.69 Å². The summed E-state index contributed by atoms with van der Waals surface area (Å²) in [5.41, 5.74) is 2.79. The first-order chi connectivity index (χ1) is 9.66. The van der Waals surface area contributed by atoms with E-state index in [0.29, 0.717) is 5.02 Å². The molecule has 100 valence electrons. The maximum atomic E-state index is 12.1. The lowest BCUT2D eigenvalue weighted by molar-refractivity contribution is -0.115. The van der Waals surface area contributed by atoms with Crippen LogP contribution >= 0.6 is 23.4 Å². The SMILES string of the molecule is CC(=O)N1C(c2ccc(Cl)cc2)=CSc2ccccc21. The zero-order valence-electron chi connectivity index (χ0n) is 10.8. The molecule has 0 saturated carbocycles. The number of anilines is 1. The number of benzene rings is 2. The zero-order chi connectivity index (χ0) is 14.1. The van der Waals surface area contributed by atoms with Crippen molar-refractivity contribution in [1.82, 2.24) is 0 Å². The van der Waals surface area contributed by atoms with E-state index >= 15 is 0 Å². The van der Waals surface area contributed by atoms with Gasteiger partial charge in [-0.15, -0.1) is 0 Å². The molecule has 1 amide bonds. The fourth-order valence-electron chi connectivity index (χ4n) is 2.20. The summed E-state index contributed by atoms with van der Waals surface area (Å²) in [5, 5.41) is 2.69. The molecule has 0 N–H and O–H groups in total. The van der Waals surface area contributed by atoms with Gasteiger partial charge in [-0.25, -0.2) is 0 Å². The molecule has 0 fully saturated rings. The molecule has 0 atom stereocenters. The van der Waals surface area contributed by atoms with Gasteiger partial charge >= 0.3 is 0 Å². The number of amides is 1. The number of hydrogen-bond acceptors (Lipinski definition) is 2. The minimum atomic E-state index is -0.000972. The maximum Gasteiger partial charge on any atom is 0.228 e. The summed E-state index contributed by atoms with van der Waals surface area (Å²) in [6.45, 7) is 1.58. The van der Waals surface area contributed by atoms with E-state index in [1.54, 1.807) is 23.6 Å². The molecule has 1 aliphatic heterocycles. The van der Waals surface area contributed by atoms with Gasteiger partial charge in [0.05, 0.1) is 11.4 Å². The number of nitrogens with zero attached hydrogens (tertiary/aromatic N) is 1. The summed E-state index contributed by atoms with van der Waals surface area (Å²) in [7, 11) is 0. The average Bonchev–Trinajstić information content (AvgIpc) is 2.46. The van der Waals surface area contributed by atoms with Crippen LogP contribution in [0.3, 0.4) is 0 Å². The highest BCUT2D eigenvalue weighted by Crippen LogP contribution is 2.41. The second-order valence-corrected chi connectivity index (χ2v) is 5.80. The molecule has 1 aliphatic rings. The minimum absolute atomic E-state index is 0.000972. The predicted octanol–water partition coefficient (Wildman–Crippen LogP) is 4.80. The van der Waals surface area contributed by atoms with Crippen LogP contribution < -0.4 is 4.90 Å². The van der Waals surface area contributed by atoms with E-state index in [0.717, 1.165) is 21.8 Å². The molecule has 0 saturated heterocycles. The highest BCUT2D eigenvalue weighted by atomic mass is 35.5. The molecule has 2 aromatic carbocycles. The third-order valence-electron chi connectivity index (χ3n) is 3.10. The lowest BCUT2D eigenvalue weighted by atomic mass is 10.1. The van der Waals surface area contributed by atoms with Crippen molar-refractivity contribution in [2.45, 2.75) is 11.8 Å². The van der Waals surface area contributed by atoms with Crippen molar-refractivity contribution in [3.63, 3.8) is 0 Å². The first kappa shape index (κ1) is 13.3. The Morgan fingerprint density at radius 2 is 1.80 bits per heavy atom. The van der Waals surface area contributed by atoms with Gasteiger partial charge in [-0.2, -0.15) is 0 Å². The molecule has 0 radical (unpaired) electrons. The maximum absolute atomic E-state index is 12.1. The van der Waals surface area contributed by atoms with E-state index in [1.165, 1.54) is 0 Å². The van der Waals surface area contributed by atoms with Crippen molar-refractivity contribution in [2.75, 3.05) is 4.90 Å². The molecular weight excluding hydrogens is 290 g/mol.